The van der Waals surface area contributed by atoms with Crippen molar-refractivity contribution < 1.29 is 24.1 Å². The third-order valence-electron chi connectivity index (χ3n) is 5.18. The SMILES string of the molecule is COc1cc(-c2nc3cc4c(cc3s2)CCC4)cc(OC)c1OC(C)(C)C(=O)O. The number of carboxylic acid groups (broad SMARTS) is 1. The van der Waals surface area contributed by atoms with Crippen LogP contribution in [0.2, 0.25) is 0 Å². The number of nitrogens with zero attached hydrogens (tertiary/aromatic N) is 1. The van der Waals surface area contributed by atoms with E-state index in [4.69, 9.17) is 19.2 Å². The number of aryl methyl sites for hydroxylation is 2. The predicted molar refractivity (Wildman–Crippen MR) is 113 cm³/mol. The van der Waals surface area contributed by atoms with Gasteiger partial charge in [-0.3, -0.25) is 0 Å². The summed E-state index contributed by atoms with van der Waals surface area (Å²) in [5, 5.41) is 10.2. The maximum atomic E-state index is 11.5. The molecule has 1 aliphatic carbocycles. The molecule has 29 heavy (non-hydrogen) atoms. The first-order valence-electron chi connectivity index (χ1n) is 9.43. The van der Waals surface area contributed by atoms with Crippen LogP contribution < -0.4 is 14.2 Å². The van der Waals surface area contributed by atoms with Gasteiger partial charge in [-0.05, 0) is 68.5 Å². The zero-order valence-corrected chi connectivity index (χ0v) is 17.7. The van der Waals surface area contributed by atoms with Crippen LogP contribution in [0.4, 0.5) is 0 Å². The molecular weight excluding hydrogens is 390 g/mol. The van der Waals surface area contributed by atoms with Crippen LogP contribution in [0.3, 0.4) is 0 Å². The van der Waals surface area contributed by atoms with Gasteiger partial charge in [0.15, 0.2) is 17.1 Å². The van der Waals surface area contributed by atoms with Crippen LogP contribution in [0.1, 0.15) is 31.4 Å². The van der Waals surface area contributed by atoms with E-state index in [1.807, 2.05) is 0 Å². The van der Waals surface area contributed by atoms with Gasteiger partial charge >= 0.3 is 5.97 Å². The van der Waals surface area contributed by atoms with Crippen molar-refractivity contribution in [3.8, 4) is 27.8 Å². The highest BCUT2D eigenvalue weighted by atomic mass is 32.1. The third-order valence-corrected chi connectivity index (χ3v) is 6.25. The number of aliphatic carboxylic acids is 1. The van der Waals surface area contributed by atoms with Crippen LogP contribution in [-0.4, -0.2) is 35.9 Å². The molecule has 7 heteroatoms. The van der Waals surface area contributed by atoms with E-state index in [2.05, 4.69) is 12.1 Å². The van der Waals surface area contributed by atoms with E-state index in [0.29, 0.717) is 11.5 Å². The first-order chi connectivity index (χ1) is 13.8. The molecule has 0 atom stereocenters. The normalized spacial score (nSPS) is 13.4. The van der Waals surface area contributed by atoms with Crippen LogP contribution in [0, 0.1) is 0 Å². The fourth-order valence-corrected chi connectivity index (χ4v) is 4.52. The molecule has 0 saturated heterocycles. The molecule has 2 aromatic carbocycles. The summed E-state index contributed by atoms with van der Waals surface area (Å²) in [5.41, 5.74) is 3.21. The van der Waals surface area contributed by atoms with Crippen LogP contribution in [-0.2, 0) is 17.6 Å². The molecule has 0 spiro atoms. The van der Waals surface area contributed by atoms with Gasteiger partial charge in [-0.15, -0.1) is 11.3 Å². The Kier molecular flexibility index (Phi) is 4.86. The molecule has 0 fully saturated rings. The number of aromatic nitrogens is 1. The molecule has 0 radical (unpaired) electrons. The topological polar surface area (TPSA) is 77.9 Å². The monoisotopic (exact) mass is 413 g/mol. The molecule has 0 saturated carbocycles. The highest BCUT2D eigenvalue weighted by Gasteiger charge is 2.32. The first kappa shape index (κ1) is 19.5. The van der Waals surface area contributed by atoms with Gasteiger partial charge in [-0.1, -0.05) is 0 Å². The van der Waals surface area contributed by atoms with Crippen molar-refractivity contribution >= 4 is 27.5 Å². The molecule has 0 amide bonds. The molecule has 1 heterocycles. The minimum atomic E-state index is -1.43. The summed E-state index contributed by atoms with van der Waals surface area (Å²) in [6.45, 7) is 2.96. The fraction of sp³-hybridized carbons (Fsp3) is 0.364. The molecule has 3 aromatic rings. The van der Waals surface area contributed by atoms with E-state index in [1.54, 1.807) is 23.5 Å². The lowest BCUT2D eigenvalue weighted by Gasteiger charge is -2.24. The van der Waals surface area contributed by atoms with E-state index in [1.165, 1.54) is 45.6 Å². The molecule has 1 N–H and O–H groups in total. The van der Waals surface area contributed by atoms with Gasteiger partial charge in [0, 0.05) is 5.56 Å². The van der Waals surface area contributed by atoms with Gasteiger partial charge in [0.2, 0.25) is 5.75 Å². The maximum absolute atomic E-state index is 11.5. The smallest absolute Gasteiger partial charge is 0.347 e. The third kappa shape index (κ3) is 3.51. The zero-order chi connectivity index (χ0) is 20.8. The Balaban J connectivity index is 1.79. The summed E-state index contributed by atoms with van der Waals surface area (Å²) in [6, 6.07) is 8.06. The number of carboxylic acids is 1. The van der Waals surface area contributed by atoms with Crippen LogP contribution in [0.25, 0.3) is 20.8 Å². The Bertz CT molecular complexity index is 1040. The number of rotatable bonds is 6. The minimum absolute atomic E-state index is 0.256. The zero-order valence-electron chi connectivity index (χ0n) is 16.9. The number of hydrogen-bond donors (Lipinski definition) is 1. The Morgan fingerprint density at radius 3 is 2.28 bits per heavy atom. The number of fused-ring (bicyclic) bond motifs is 2. The van der Waals surface area contributed by atoms with Gasteiger partial charge in [0.1, 0.15) is 5.01 Å². The predicted octanol–water partition coefficient (Wildman–Crippen LogP) is 4.71. The highest BCUT2D eigenvalue weighted by molar-refractivity contribution is 7.21. The van der Waals surface area contributed by atoms with Crippen molar-refractivity contribution in [2.45, 2.75) is 38.7 Å². The van der Waals surface area contributed by atoms with Crippen molar-refractivity contribution in [1.82, 2.24) is 4.98 Å². The van der Waals surface area contributed by atoms with Crippen molar-refractivity contribution in [3.05, 3.63) is 35.4 Å². The van der Waals surface area contributed by atoms with Crippen molar-refractivity contribution in [1.29, 1.82) is 0 Å². The van der Waals surface area contributed by atoms with Crippen molar-refractivity contribution in [2.24, 2.45) is 0 Å². The maximum Gasteiger partial charge on any atom is 0.347 e. The lowest BCUT2D eigenvalue weighted by molar-refractivity contribution is -0.152. The quantitative estimate of drug-likeness (QED) is 0.631. The van der Waals surface area contributed by atoms with Crippen molar-refractivity contribution in [2.75, 3.05) is 14.2 Å². The molecule has 152 valence electrons. The average molecular weight is 413 g/mol. The molecule has 0 bridgehead atoms. The summed E-state index contributed by atoms with van der Waals surface area (Å²) < 4.78 is 17.9. The van der Waals surface area contributed by atoms with Crippen LogP contribution in [0.5, 0.6) is 17.2 Å². The van der Waals surface area contributed by atoms with E-state index < -0.39 is 11.6 Å². The highest BCUT2D eigenvalue weighted by Crippen LogP contribution is 2.44. The van der Waals surface area contributed by atoms with Crippen molar-refractivity contribution in [3.63, 3.8) is 0 Å². The standard InChI is InChI=1S/C22H23NO5S/c1-22(2,21(24)25)28-19-16(26-3)9-14(10-17(19)27-4)20-23-15-8-12-6-5-7-13(12)11-18(15)29-20/h8-11H,5-7H2,1-4H3,(H,24,25). The lowest BCUT2D eigenvalue weighted by atomic mass is 10.1. The van der Waals surface area contributed by atoms with Crippen LogP contribution >= 0.6 is 11.3 Å². The Morgan fingerprint density at radius 1 is 1.07 bits per heavy atom. The molecule has 1 aliphatic rings. The van der Waals surface area contributed by atoms with E-state index in [9.17, 15) is 9.90 Å². The summed E-state index contributed by atoms with van der Waals surface area (Å²) in [5.74, 6) is -0.0259. The van der Waals surface area contributed by atoms with E-state index in [-0.39, 0.29) is 5.75 Å². The number of carbonyl (C=O) groups is 1. The number of methoxy groups -OCH3 is 2. The van der Waals surface area contributed by atoms with Gasteiger partial charge < -0.3 is 19.3 Å². The molecule has 4 rings (SSSR count). The molecule has 0 aliphatic heterocycles. The summed E-state index contributed by atoms with van der Waals surface area (Å²) in [6.07, 6.45) is 3.46. The van der Waals surface area contributed by atoms with E-state index >= 15 is 0 Å². The van der Waals surface area contributed by atoms with Gasteiger partial charge in [0.25, 0.3) is 0 Å². The summed E-state index contributed by atoms with van der Waals surface area (Å²) in [7, 11) is 3.03. The second-order valence-corrected chi connectivity index (χ2v) is 8.62. The molecule has 0 unspecified atom stereocenters. The molecular formula is C22H23NO5S. The largest absolute Gasteiger partial charge is 0.493 e. The van der Waals surface area contributed by atoms with Crippen LogP contribution in [0.15, 0.2) is 24.3 Å². The summed E-state index contributed by atoms with van der Waals surface area (Å²) in [4.78, 5) is 16.3. The van der Waals surface area contributed by atoms with E-state index in [0.717, 1.165) is 33.6 Å². The molecule has 1 aromatic heterocycles. The fourth-order valence-electron chi connectivity index (χ4n) is 3.52. The number of ether oxygens (including phenoxy) is 3. The average Bonchev–Trinajstić information content (AvgIpc) is 3.31. The second-order valence-electron chi connectivity index (χ2n) is 7.59. The minimum Gasteiger partial charge on any atom is -0.493 e. The first-order valence-corrected chi connectivity index (χ1v) is 10.2. The number of thiazole rings is 1. The Hall–Kier alpha value is -2.80. The molecule has 6 nitrogen and oxygen atoms in total. The summed E-state index contributed by atoms with van der Waals surface area (Å²) >= 11 is 1.62. The number of benzene rings is 2. The Labute approximate surface area is 173 Å². The van der Waals surface area contributed by atoms with Gasteiger partial charge in [0.05, 0.1) is 24.4 Å². The lowest BCUT2D eigenvalue weighted by Crippen LogP contribution is -2.38. The second kappa shape index (κ2) is 7.22. The Morgan fingerprint density at radius 2 is 1.69 bits per heavy atom. The van der Waals surface area contributed by atoms with Gasteiger partial charge in [-0.2, -0.15) is 0 Å². The van der Waals surface area contributed by atoms with Gasteiger partial charge in [-0.25, -0.2) is 9.78 Å². The number of hydrogen-bond acceptors (Lipinski definition) is 6.